The summed E-state index contributed by atoms with van der Waals surface area (Å²) < 4.78 is 6.61. The maximum Gasteiger partial charge on any atom is 0.143 e. The molecule has 2 nitrogen and oxygen atoms in total. The van der Waals surface area contributed by atoms with Crippen LogP contribution in [-0.4, -0.2) is 0 Å². The van der Waals surface area contributed by atoms with Crippen LogP contribution in [-0.2, 0) is 0 Å². The van der Waals surface area contributed by atoms with Gasteiger partial charge in [0.1, 0.15) is 11.2 Å². The van der Waals surface area contributed by atoms with Crippen molar-refractivity contribution in [3.63, 3.8) is 0 Å². The third-order valence-electron chi connectivity index (χ3n) is 7.81. The highest BCUT2D eigenvalue weighted by molar-refractivity contribution is 6.22. The van der Waals surface area contributed by atoms with E-state index >= 15 is 0 Å². The van der Waals surface area contributed by atoms with Crippen molar-refractivity contribution in [3.8, 4) is 11.1 Å². The molecule has 188 valence electrons. The van der Waals surface area contributed by atoms with E-state index in [9.17, 15) is 0 Å². The van der Waals surface area contributed by atoms with Crippen LogP contribution < -0.4 is 4.90 Å². The summed E-state index contributed by atoms with van der Waals surface area (Å²) in [5, 5.41) is 6.95. The summed E-state index contributed by atoms with van der Waals surface area (Å²) in [4.78, 5) is 2.37. The molecule has 0 saturated carbocycles. The molecule has 0 fully saturated rings. The number of rotatable bonds is 4. The molecule has 0 radical (unpaired) electrons. The van der Waals surface area contributed by atoms with E-state index in [1.807, 2.05) is 0 Å². The van der Waals surface area contributed by atoms with Gasteiger partial charge in [-0.3, -0.25) is 0 Å². The van der Waals surface area contributed by atoms with Crippen molar-refractivity contribution >= 4 is 60.5 Å². The summed E-state index contributed by atoms with van der Waals surface area (Å²) in [7, 11) is 0. The normalized spacial score (nSPS) is 11.5. The molecule has 0 saturated heterocycles. The van der Waals surface area contributed by atoms with Crippen LogP contribution in [0.15, 0.2) is 156 Å². The number of furan rings is 1. The number of nitrogens with zero attached hydrogens (tertiary/aromatic N) is 1. The zero-order valence-electron chi connectivity index (χ0n) is 21.8. The lowest BCUT2D eigenvalue weighted by molar-refractivity contribution is 0.673. The molecule has 0 unspecified atom stereocenters. The molecule has 0 N–H and O–H groups in total. The molecule has 40 heavy (non-hydrogen) atoms. The second-order valence-corrected chi connectivity index (χ2v) is 10.2. The number of fused-ring (bicyclic) bond motifs is 6. The van der Waals surface area contributed by atoms with Gasteiger partial charge < -0.3 is 9.32 Å². The van der Waals surface area contributed by atoms with Crippen LogP contribution in [0.4, 0.5) is 17.1 Å². The van der Waals surface area contributed by atoms with Gasteiger partial charge in [0.25, 0.3) is 0 Å². The average Bonchev–Trinajstić information content (AvgIpc) is 3.41. The smallest absolute Gasteiger partial charge is 0.143 e. The molecular formula is C38H25NO. The largest absolute Gasteiger partial charge is 0.455 e. The lowest BCUT2D eigenvalue weighted by atomic mass is 9.97. The zero-order chi connectivity index (χ0) is 26.5. The van der Waals surface area contributed by atoms with Crippen LogP contribution in [0.5, 0.6) is 0 Å². The van der Waals surface area contributed by atoms with E-state index in [-0.39, 0.29) is 0 Å². The summed E-state index contributed by atoms with van der Waals surface area (Å²) in [5.74, 6) is 0. The highest BCUT2D eigenvalue weighted by Gasteiger charge is 2.21. The van der Waals surface area contributed by atoms with Crippen molar-refractivity contribution in [3.05, 3.63) is 152 Å². The Balaban J connectivity index is 1.49. The molecule has 0 spiro atoms. The van der Waals surface area contributed by atoms with Gasteiger partial charge in [-0.05, 0) is 58.3 Å². The fraction of sp³-hybridized carbons (Fsp3) is 0. The predicted molar refractivity (Wildman–Crippen MR) is 169 cm³/mol. The monoisotopic (exact) mass is 511 g/mol. The molecule has 1 aromatic heterocycles. The Morgan fingerprint density at radius 2 is 1.15 bits per heavy atom. The Morgan fingerprint density at radius 3 is 1.98 bits per heavy atom. The van der Waals surface area contributed by atoms with Crippen molar-refractivity contribution < 1.29 is 4.42 Å². The fourth-order valence-corrected chi connectivity index (χ4v) is 5.99. The second kappa shape index (κ2) is 9.14. The highest BCUT2D eigenvalue weighted by atomic mass is 16.3. The maximum absolute atomic E-state index is 6.61. The Hall–Kier alpha value is -5.34. The molecular weight excluding hydrogens is 486 g/mol. The first-order valence-electron chi connectivity index (χ1n) is 13.6. The number of benzene rings is 7. The molecule has 0 amide bonds. The molecule has 0 aliphatic carbocycles. The highest BCUT2D eigenvalue weighted by Crippen LogP contribution is 2.46. The quantitative estimate of drug-likeness (QED) is 0.234. The first kappa shape index (κ1) is 22.6. The van der Waals surface area contributed by atoms with E-state index in [0.29, 0.717) is 0 Å². The summed E-state index contributed by atoms with van der Waals surface area (Å²) in [5.41, 5.74) is 7.52. The van der Waals surface area contributed by atoms with E-state index < -0.39 is 0 Å². The van der Waals surface area contributed by atoms with Crippen LogP contribution in [0, 0.1) is 0 Å². The van der Waals surface area contributed by atoms with Gasteiger partial charge in [-0.1, -0.05) is 115 Å². The molecule has 8 aromatic rings. The molecule has 0 bridgehead atoms. The van der Waals surface area contributed by atoms with Gasteiger partial charge in [0.2, 0.25) is 0 Å². The molecule has 0 aliphatic heterocycles. The molecule has 7 aromatic carbocycles. The fourth-order valence-electron chi connectivity index (χ4n) is 5.99. The molecule has 2 heteroatoms. The minimum Gasteiger partial charge on any atom is -0.455 e. The van der Waals surface area contributed by atoms with Crippen molar-refractivity contribution in [2.75, 3.05) is 4.90 Å². The number of para-hydroxylation sites is 1. The maximum atomic E-state index is 6.61. The van der Waals surface area contributed by atoms with E-state index in [0.717, 1.165) is 49.8 Å². The van der Waals surface area contributed by atoms with Crippen molar-refractivity contribution in [2.45, 2.75) is 0 Å². The first-order valence-corrected chi connectivity index (χ1v) is 13.6. The zero-order valence-corrected chi connectivity index (χ0v) is 21.8. The third kappa shape index (κ3) is 3.58. The summed E-state index contributed by atoms with van der Waals surface area (Å²) in [6, 6.07) is 53.7. The van der Waals surface area contributed by atoms with E-state index in [2.05, 4.69) is 157 Å². The van der Waals surface area contributed by atoms with Gasteiger partial charge in [0.15, 0.2) is 0 Å². The third-order valence-corrected chi connectivity index (χ3v) is 7.81. The predicted octanol–water partition coefficient (Wildman–Crippen LogP) is 11.0. The second-order valence-electron chi connectivity index (χ2n) is 10.2. The topological polar surface area (TPSA) is 16.4 Å². The van der Waals surface area contributed by atoms with Crippen LogP contribution >= 0.6 is 0 Å². The van der Waals surface area contributed by atoms with Crippen molar-refractivity contribution in [1.29, 1.82) is 0 Å². The molecule has 8 rings (SSSR count). The number of hydrogen-bond donors (Lipinski definition) is 0. The van der Waals surface area contributed by atoms with Crippen LogP contribution in [0.1, 0.15) is 0 Å². The summed E-state index contributed by atoms with van der Waals surface area (Å²) in [6.45, 7) is 0. The van der Waals surface area contributed by atoms with E-state index in [4.69, 9.17) is 4.42 Å². The SMILES string of the molecule is c1ccc(-c2cccc3oc4c5ccccc5c(N(c5ccccc5)c5ccc6ccccc6c5)cc4c23)cc1. The van der Waals surface area contributed by atoms with Gasteiger partial charge in [0, 0.05) is 32.9 Å². The Bertz CT molecular complexity index is 2160. The van der Waals surface area contributed by atoms with Crippen LogP contribution in [0.3, 0.4) is 0 Å². The van der Waals surface area contributed by atoms with E-state index in [1.54, 1.807) is 0 Å². The average molecular weight is 512 g/mol. The minimum absolute atomic E-state index is 0.899. The van der Waals surface area contributed by atoms with Crippen LogP contribution in [0.2, 0.25) is 0 Å². The first-order chi connectivity index (χ1) is 19.8. The van der Waals surface area contributed by atoms with E-state index in [1.165, 1.54) is 21.9 Å². The summed E-state index contributed by atoms with van der Waals surface area (Å²) >= 11 is 0. The van der Waals surface area contributed by atoms with Crippen LogP contribution in [0.25, 0.3) is 54.6 Å². The number of anilines is 3. The molecule has 1 heterocycles. The van der Waals surface area contributed by atoms with Gasteiger partial charge in [-0.2, -0.15) is 0 Å². The molecule has 0 aliphatic rings. The van der Waals surface area contributed by atoms with Gasteiger partial charge in [-0.25, -0.2) is 0 Å². The number of hydrogen-bond acceptors (Lipinski definition) is 2. The Morgan fingerprint density at radius 1 is 0.450 bits per heavy atom. The lowest BCUT2D eigenvalue weighted by Gasteiger charge is -2.27. The Kier molecular flexibility index (Phi) is 5.17. The minimum atomic E-state index is 0.899. The summed E-state index contributed by atoms with van der Waals surface area (Å²) in [6.07, 6.45) is 0. The lowest BCUT2D eigenvalue weighted by Crippen LogP contribution is -2.10. The molecule has 0 atom stereocenters. The standard InChI is InChI=1S/C38H25NO/c1-3-13-27(14-4-1)31-20-11-21-36-37(31)34-25-35(32-18-9-10-19-33(32)38(34)40-36)39(29-16-5-2-6-17-29)30-23-22-26-12-7-8-15-28(26)24-30/h1-25H. The Labute approximate surface area is 232 Å². The van der Waals surface area contributed by atoms with Gasteiger partial charge in [0.05, 0.1) is 5.69 Å². The van der Waals surface area contributed by atoms with Gasteiger partial charge in [-0.15, -0.1) is 0 Å². The van der Waals surface area contributed by atoms with Crippen molar-refractivity contribution in [1.82, 2.24) is 0 Å². The van der Waals surface area contributed by atoms with Crippen molar-refractivity contribution in [2.24, 2.45) is 0 Å². The van der Waals surface area contributed by atoms with Gasteiger partial charge >= 0.3 is 0 Å².